The Hall–Kier alpha value is 0. The highest BCUT2D eigenvalue weighted by atomic mass is 14.2. The molecule has 0 aromatic heterocycles. The molecule has 0 radical (unpaired) electrons. The van der Waals surface area contributed by atoms with Gasteiger partial charge in [-0.15, -0.1) is 0 Å². The third-order valence-electron chi connectivity index (χ3n) is 4.11. The third-order valence-corrected chi connectivity index (χ3v) is 4.11. The van der Waals surface area contributed by atoms with Gasteiger partial charge in [0.1, 0.15) is 0 Å². The van der Waals surface area contributed by atoms with Crippen LogP contribution in [0, 0.1) is 23.7 Å². The van der Waals surface area contributed by atoms with Crippen molar-refractivity contribution in [1.29, 1.82) is 0 Å². The molecule has 0 aliphatic heterocycles. The van der Waals surface area contributed by atoms with Gasteiger partial charge in [-0.25, -0.2) is 0 Å². The van der Waals surface area contributed by atoms with Crippen molar-refractivity contribution in [3.8, 4) is 0 Å². The predicted octanol–water partition coefficient (Wildman–Crippen LogP) is 5.91. The van der Waals surface area contributed by atoms with Crippen molar-refractivity contribution in [2.45, 2.75) is 80.1 Å². The van der Waals surface area contributed by atoms with Crippen molar-refractivity contribution in [3.05, 3.63) is 0 Å². The normalized spacial score (nSPS) is 17.4. The fraction of sp³-hybridized carbons (Fsp3) is 1.00. The summed E-state index contributed by atoms with van der Waals surface area (Å²) in [6.45, 7) is 14.3. The molecule has 0 rings (SSSR count). The average molecular weight is 226 g/mol. The van der Waals surface area contributed by atoms with E-state index in [2.05, 4.69) is 41.5 Å². The maximum atomic E-state index is 2.44. The van der Waals surface area contributed by atoms with Crippen LogP contribution in [0.3, 0.4) is 0 Å². The van der Waals surface area contributed by atoms with Crippen LogP contribution in [0.2, 0.25) is 0 Å². The van der Waals surface area contributed by atoms with E-state index in [4.69, 9.17) is 0 Å². The van der Waals surface area contributed by atoms with Gasteiger partial charge in [-0.2, -0.15) is 0 Å². The van der Waals surface area contributed by atoms with Gasteiger partial charge in [0.05, 0.1) is 0 Å². The lowest BCUT2D eigenvalue weighted by Gasteiger charge is -2.20. The summed E-state index contributed by atoms with van der Waals surface area (Å²) >= 11 is 0. The molecule has 0 saturated carbocycles. The van der Waals surface area contributed by atoms with E-state index < -0.39 is 0 Å². The first kappa shape index (κ1) is 16.0. The van der Waals surface area contributed by atoms with Crippen LogP contribution in [-0.4, -0.2) is 0 Å². The molecule has 0 fully saturated rings. The molecule has 0 aliphatic carbocycles. The van der Waals surface area contributed by atoms with Gasteiger partial charge >= 0.3 is 0 Å². The molecule has 0 bridgehead atoms. The quantitative estimate of drug-likeness (QED) is 0.458. The molecule has 0 amide bonds. The second-order valence-corrected chi connectivity index (χ2v) is 6.39. The van der Waals surface area contributed by atoms with Crippen molar-refractivity contribution in [1.82, 2.24) is 0 Å². The Morgan fingerprint density at radius 2 is 1.31 bits per heavy atom. The van der Waals surface area contributed by atoms with Crippen LogP contribution >= 0.6 is 0 Å². The van der Waals surface area contributed by atoms with E-state index >= 15 is 0 Å². The standard InChI is InChI=1S/C16H34/c1-7-8-9-14(4)12-15(5)10-11-16(6)13(2)3/h13-16H,7-12H2,1-6H3. The van der Waals surface area contributed by atoms with Crippen molar-refractivity contribution >= 4 is 0 Å². The molecule has 98 valence electrons. The number of hydrogen-bond acceptors (Lipinski definition) is 0. The first-order chi connectivity index (χ1) is 7.47. The number of hydrogen-bond donors (Lipinski definition) is 0. The maximum Gasteiger partial charge on any atom is -0.0420 e. The Balaban J connectivity index is 3.60. The van der Waals surface area contributed by atoms with Gasteiger partial charge in [0.2, 0.25) is 0 Å². The van der Waals surface area contributed by atoms with Gasteiger partial charge in [0, 0.05) is 0 Å². The minimum atomic E-state index is 0.852. The van der Waals surface area contributed by atoms with E-state index in [1.807, 2.05) is 0 Å². The molecule has 0 aromatic rings. The highest BCUT2D eigenvalue weighted by molar-refractivity contribution is 4.64. The fourth-order valence-electron chi connectivity index (χ4n) is 2.36. The van der Waals surface area contributed by atoms with Crippen LogP contribution < -0.4 is 0 Å². The molecule has 0 heteroatoms. The lowest BCUT2D eigenvalue weighted by atomic mass is 9.86. The fourth-order valence-corrected chi connectivity index (χ4v) is 2.36. The van der Waals surface area contributed by atoms with Gasteiger partial charge in [0.25, 0.3) is 0 Å². The van der Waals surface area contributed by atoms with Crippen molar-refractivity contribution in [2.24, 2.45) is 23.7 Å². The summed E-state index contributed by atoms with van der Waals surface area (Å²) in [6.07, 6.45) is 8.47. The van der Waals surface area contributed by atoms with Gasteiger partial charge in [-0.05, 0) is 30.1 Å². The second-order valence-electron chi connectivity index (χ2n) is 6.39. The molecular weight excluding hydrogens is 192 g/mol. The summed E-state index contributed by atoms with van der Waals surface area (Å²) in [5.74, 6) is 3.61. The van der Waals surface area contributed by atoms with E-state index in [9.17, 15) is 0 Å². The van der Waals surface area contributed by atoms with Crippen LogP contribution in [0.1, 0.15) is 80.1 Å². The van der Waals surface area contributed by atoms with Crippen LogP contribution in [-0.2, 0) is 0 Å². The molecule has 0 aliphatic rings. The molecule has 0 spiro atoms. The summed E-state index contributed by atoms with van der Waals surface area (Å²) in [7, 11) is 0. The topological polar surface area (TPSA) is 0 Å². The first-order valence-corrected chi connectivity index (χ1v) is 7.47. The first-order valence-electron chi connectivity index (χ1n) is 7.47. The highest BCUT2D eigenvalue weighted by Gasteiger charge is 2.12. The summed E-state index contributed by atoms with van der Waals surface area (Å²) in [5, 5.41) is 0. The van der Waals surface area contributed by atoms with E-state index in [0.29, 0.717) is 0 Å². The monoisotopic (exact) mass is 226 g/mol. The predicted molar refractivity (Wildman–Crippen MR) is 75.7 cm³/mol. The Kier molecular flexibility index (Phi) is 9.07. The Bertz CT molecular complexity index is 148. The van der Waals surface area contributed by atoms with Gasteiger partial charge in [-0.3, -0.25) is 0 Å². The molecule has 0 saturated heterocycles. The molecule has 0 heterocycles. The second kappa shape index (κ2) is 9.07. The number of unbranched alkanes of at least 4 members (excludes halogenated alkanes) is 1. The van der Waals surface area contributed by atoms with Gasteiger partial charge in [-0.1, -0.05) is 73.6 Å². The van der Waals surface area contributed by atoms with E-state index in [1.165, 1.54) is 38.5 Å². The average Bonchev–Trinajstić information content (AvgIpc) is 2.22. The summed E-state index contributed by atoms with van der Waals surface area (Å²) in [5.41, 5.74) is 0. The third kappa shape index (κ3) is 8.19. The molecule has 16 heavy (non-hydrogen) atoms. The largest absolute Gasteiger partial charge is 0.0654 e. The maximum absolute atomic E-state index is 2.44. The van der Waals surface area contributed by atoms with Crippen molar-refractivity contribution in [2.75, 3.05) is 0 Å². The summed E-state index contributed by atoms with van der Waals surface area (Å²) < 4.78 is 0. The van der Waals surface area contributed by atoms with Gasteiger partial charge in [0.15, 0.2) is 0 Å². The van der Waals surface area contributed by atoms with Crippen molar-refractivity contribution in [3.63, 3.8) is 0 Å². The zero-order valence-corrected chi connectivity index (χ0v) is 12.6. The Morgan fingerprint density at radius 1 is 0.750 bits per heavy atom. The highest BCUT2D eigenvalue weighted by Crippen LogP contribution is 2.24. The molecule has 0 N–H and O–H groups in total. The molecule has 3 unspecified atom stereocenters. The molecular formula is C16H34. The molecule has 0 nitrogen and oxygen atoms in total. The zero-order chi connectivity index (χ0) is 12.6. The lowest BCUT2D eigenvalue weighted by Crippen LogP contribution is -2.08. The van der Waals surface area contributed by atoms with Crippen LogP contribution in [0.25, 0.3) is 0 Å². The Labute approximate surface area is 104 Å². The van der Waals surface area contributed by atoms with Gasteiger partial charge < -0.3 is 0 Å². The smallest absolute Gasteiger partial charge is 0.0420 e. The van der Waals surface area contributed by atoms with Crippen LogP contribution in [0.15, 0.2) is 0 Å². The van der Waals surface area contributed by atoms with Crippen molar-refractivity contribution < 1.29 is 0 Å². The van der Waals surface area contributed by atoms with Crippen LogP contribution in [0.5, 0.6) is 0 Å². The summed E-state index contributed by atoms with van der Waals surface area (Å²) in [6, 6.07) is 0. The lowest BCUT2D eigenvalue weighted by molar-refractivity contribution is 0.313. The number of rotatable bonds is 9. The minimum Gasteiger partial charge on any atom is -0.0654 e. The molecule has 3 atom stereocenters. The van der Waals surface area contributed by atoms with Crippen LogP contribution in [0.4, 0.5) is 0 Å². The summed E-state index contributed by atoms with van der Waals surface area (Å²) in [4.78, 5) is 0. The molecule has 0 aromatic carbocycles. The SMILES string of the molecule is CCCCC(C)CC(C)CCC(C)C(C)C. The van der Waals surface area contributed by atoms with E-state index in [0.717, 1.165) is 23.7 Å². The zero-order valence-electron chi connectivity index (χ0n) is 12.6. The van der Waals surface area contributed by atoms with E-state index in [1.54, 1.807) is 0 Å². The Morgan fingerprint density at radius 3 is 1.81 bits per heavy atom. The van der Waals surface area contributed by atoms with E-state index in [-0.39, 0.29) is 0 Å². The minimum absolute atomic E-state index is 0.852.